The average Bonchev–Trinajstić information content (AvgIpc) is 2.76. The van der Waals surface area contributed by atoms with Crippen LogP contribution in [0, 0.1) is 0 Å². The molecule has 4 rings (SSSR count). The number of carbonyl (C=O) groups is 2. The lowest BCUT2D eigenvalue weighted by Gasteiger charge is -2.38. The smallest absolute Gasteiger partial charge is 0.274 e. The normalized spacial score (nSPS) is 15.4. The first-order valence-corrected chi connectivity index (χ1v) is 9.39. The molecule has 3 N–H and O–H groups in total. The van der Waals surface area contributed by atoms with Crippen LogP contribution in [0.4, 0.5) is 11.4 Å². The molecule has 0 unspecified atom stereocenters. The minimum absolute atomic E-state index is 0.0381. The van der Waals surface area contributed by atoms with Crippen molar-refractivity contribution in [3.63, 3.8) is 0 Å². The van der Waals surface area contributed by atoms with Crippen molar-refractivity contribution >= 4 is 23.2 Å². The van der Waals surface area contributed by atoms with Crippen molar-refractivity contribution in [2.75, 3.05) is 10.2 Å². The summed E-state index contributed by atoms with van der Waals surface area (Å²) in [5, 5.41) is 11.8. The summed E-state index contributed by atoms with van der Waals surface area (Å²) < 4.78 is 0. The first-order chi connectivity index (χ1) is 14.2. The van der Waals surface area contributed by atoms with Gasteiger partial charge in [0.25, 0.3) is 5.91 Å². The van der Waals surface area contributed by atoms with E-state index in [1.807, 2.05) is 66.7 Å². The Kier molecular flexibility index (Phi) is 5.27. The topological polar surface area (TPSA) is 81.7 Å². The maximum absolute atomic E-state index is 12.9. The Labute approximate surface area is 168 Å². The van der Waals surface area contributed by atoms with Crippen LogP contribution in [0.25, 0.3) is 0 Å². The van der Waals surface area contributed by atoms with Crippen LogP contribution in [0.15, 0.2) is 78.9 Å². The van der Waals surface area contributed by atoms with E-state index in [9.17, 15) is 9.59 Å². The van der Waals surface area contributed by atoms with E-state index in [1.165, 1.54) is 0 Å². The third-order valence-electron chi connectivity index (χ3n) is 5.09. The molecule has 0 spiro atoms. The van der Waals surface area contributed by atoms with Crippen molar-refractivity contribution in [3.8, 4) is 0 Å². The minimum Gasteiger partial charge on any atom is -0.353 e. The van der Waals surface area contributed by atoms with E-state index in [0.29, 0.717) is 18.5 Å². The van der Waals surface area contributed by atoms with Crippen LogP contribution < -0.4 is 15.7 Å². The van der Waals surface area contributed by atoms with Gasteiger partial charge in [-0.2, -0.15) is 0 Å². The predicted molar refractivity (Wildman–Crippen MR) is 111 cm³/mol. The summed E-state index contributed by atoms with van der Waals surface area (Å²) in [6.45, 7) is 0.517. The van der Waals surface area contributed by atoms with Gasteiger partial charge in [-0.3, -0.25) is 14.8 Å². The van der Waals surface area contributed by atoms with Crippen molar-refractivity contribution < 1.29 is 14.8 Å². The van der Waals surface area contributed by atoms with Gasteiger partial charge in [-0.15, -0.1) is 0 Å². The lowest BCUT2D eigenvalue weighted by atomic mass is 9.99. The second-order valence-corrected chi connectivity index (χ2v) is 6.98. The number of nitrogens with one attached hydrogen (secondary N) is 2. The summed E-state index contributed by atoms with van der Waals surface area (Å²) >= 11 is 0. The third-order valence-corrected chi connectivity index (χ3v) is 5.09. The van der Waals surface area contributed by atoms with Crippen molar-refractivity contribution in [2.45, 2.75) is 19.0 Å². The van der Waals surface area contributed by atoms with Crippen molar-refractivity contribution in [3.05, 3.63) is 95.6 Å². The second kappa shape index (κ2) is 8.16. The van der Waals surface area contributed by atoms with Gasteiger partial charge < -0.3 is 10.2 Å². The molecule has 1 heterocycles. The number of amides is 2. The molecule has 0 fully saturated rings. The van der Waals surface area contributed by atoms with Gasteiger partial charge in [0.1, 0.15) is 6.04 Å². The Morgan fingerprint density at radius 2 is 1.62 bits per heavy atom. The number of hydroxylamine groups is 1. The second-order valence-electron chi connectivity index (χ2n) is 6.98. The minimum atomic E-state index is -0.554. The third kappa shape index (κ3) is 3.97. The van der Waals surface area contributed by atoms with E-state index in [-0.39, 0.29) is 11.9 Å². The SMILES string of the molecule is O=C(NO)c1ccc(CN2c3ccccc3NC(=O)[C@@H]2Cc2ccccc2)cc1. The molecule has 0 bridgehead atoms. The number of hydrogen-bond acceptors (Lipinski definition) is 4. The number of nitrogens with zero attached hydrogens (tertiary/aromatic N) is 1. The van der Waals surface area contributed by atoms with Crippen LogP contribution >= 0.6 is 0 Å². The molecule has 2 amide bonds. The van der Waals surface area contributed by atoms with Crippen molar-refractivity contribution in [1.29, 1.82) is 0 Å². The van der Waals surface area contributed by atoms with E-state index in [0.717, 1.165) is 22.5 Å². The zero-order valence-corrected chi connectivity index (χ0v) is 15.7. The number of hydrogen-bond donors (Lipinski definition) is 3. The van der Waals surface area contributed by atoms with E-state index in [4.69, 9.17) is 5.21 Å². The first-order valence-electron chi connectivity index (χ1n) is 9.39. The largest absolute Gasteiger partial charge is 0.353 e. The van der Waals surface area contributed by atoms with Gasteiger partial charge in [-0.25, -0.2) is 5.48 Å². The Morgan fingerprint density at radius 3 is 2.34 bits per heavy atom. The van der Waals surface area contributed by atoms with Crippen LogP contribution in [0.2, 0.25) is 0 Å². The van der Waals surface area contributed by atoms with Gasteiger partial charge in [0.15, 0.2) is 0 Å². The molecule has 6 nitrogen and oxygen atoms in total. The van der Waals surface area contributed by atoms with E-state index < -0.39 is 5.91 Å². The molecule has 146 valence electrons. The van der Waals surface area contributed by atoms with Gasteiger partial charge in [0.05, 0.1) is 11.4 Å². The lowest BCUT2D eigenvalue weighted by Crippen LogP contribution is -2.49. The van der Waals surface area contributed by atoms with Gasteiger partial charge in [0.2, 0.25) is 5.91 Å². The predicted octanol–water partition coefficient (Wildman–Crippen LogP) is 3.38. The molecule has 0 saturated heterocycles. The van der Waals surface area contributed by atoms with Crippen molar-refractivity contribution in [1.82, 2.24) is 5.48 Å². The summed E-state index contributed by atoms with van der Waals surface area (Å²) in [7, 11) is 0. The molecule has 3 aromatic carbocycles. The summed E-state index contributed by atoms with van der Waals surface area (Å²) in [6.07, 6.45) is 0.589. The molecule has 0 saturated carbocycles. The van der Waals surface area contributed by atoms with Gasteiger partial charge in [0, 0.05) is 18.5 Å². The highest BCUT2D eigenvalue weighted by atomic mass is 16.5. The van der Waals surface area contributed by atoms with E-state index in [1.54, 1.807) is 17.6 Å². The highest BCUT2D eigenvalue weighted by Crippen LogP contribution is 2.34. The first kappa shape index (κ1) is 18.7. The standard InChI is InChI=1S/C23H21N3O3/c27-22(25-29)18-12-10-17(11-13-18)15-26-20-9-5-4-8-19(20)24-23(28)21(26)14-16-6-2-1-3-7-16/h1-13,21,29H,14-15H2,(H,24,28)(H,25,27)/t21-/m0/s1. The van der Waals surface area contributed by atoms with E-state index in [2.05, 4.69) is 10.2 Å². The Balaban J connectivity index is 1.66. The van der Waals surface area contributed by atoms with Gasteiger partial charge >= 0.3 is 0 Å². The van der Waals surface area contributed by atoms with Crippen LogP contribution in [-0.4, -0.2) is 23.1 Å². The zero-order chi connectivity index (χ0) is 20.2. The molecule has 1 aliphatic rings. The molecule has 1 aliphatic heterocycles. The Hall–Kier alpha value is -3.64. The number of rotatable bonds is 5. The maximum Gasteiger partial charge on any atom is 0.274 e. The van der Waals surface area contributed by atoms with Crippen LogP contribution in [-0.2, 0) is 17.8 Å². The number of carbonyl (C=O) groups excluding carboxylic acids is 2. The Morgan fingerprint density at radius 1 is 0.931 bits per heavy atom. The Bertz CT molecular complexity index is 1020. The molecule has 0 radical (unpaired) electrons. The quantitative estimate of drug-likeness (QED) is 0.463. The molecule has 0 aromatic heterocycles. The number of anilines is 2. The highest BCUT2D eigenvalue weighted by molar-refractivity contribution is 6.03. The summed E-state index contributed by atoms with van der Waals surface area (Å²) in [5.74, 6) is -0.593. The van der Waals surface area contributed by atoms with Crippen LogP contribution in [0.3, 0.4) is 0 Å². The monoisotopic (exact) mass is 387 g/mol. The molecular formula is C23H21N3O3. The van der Waals surface area contributed by atoms with Crippen molar-refractivity contribution in [2.24, 2.45) is 0 Å². The van der Waals surface area contributed by atoms with Gasteiger partial charge in [-0.05, 0) is 35.4 Å². The van der Waals surface area contributed by atoms with Crippen LogP contribution in [0.1, 0.15) is 21.5 Å². The number of fused-ring (bicyclic) bond motifs is 1. The number of para-hydroxylation sites is 2. The molecule has 6 heteroatoms. The zero-order valence-electron chi connectivity index (χ0n) is 15.7. The highest BCUT2D eigenvalue weighted by Gasteiger charge is 2.32. The summed E-state index contributed by atoms with van der Waals surface area (Å²) in [4.78, 5) is 26.6. The maximum atomic E-state index is 12.9. The molecule has 3 aromatic rings. The molecular weight excluding hydrogens is 366 g/mol. The number of benzene rings is 3. The van der Waals surface area contributed by atoms with Gasteiger partial charge in [-0.1, -0.05) is 54.6 Å². The summed E-state index contributed by atoms with van der Waals surface area (Å²) in [6, 6.07) is 24.3. The molecule has 0 aliphatic carbocycles. The fourth-order valence-electron chi connectivity index (χ4n) is 3.61. The fourth-order valence-corrected chi connectivity index (χ4v) is 3.61. The van der Waals surface area contributed by atoms with E-state index >= 15 is 0 Å². The molecule has 1 atom stereocenters. The molecule has 29 heavy (non-hydrogen) atoms. The summed E-state index contributed by atoms with van der Waals surface area (Å²) in [5.41, 5.74) is 5.81. The van der Waals surface area contributed by atoms with Crippen LogP contribution in [0.5, 0.6) is 0 Å². The average molecular weight is 387 g/mol. The lowest BCUT2D eigenvalue weighted by molar-refractivity contribution is -0.117. The fraction of sp³-hybridized carbons (Fsp3) is 0.130.